The Morgan fingerprint density at radius 1 is 1.62 bits per heavy atom. The third-order valence-electron chi connectivity index (χ3n) is 0.850. The van der Waals surface area contributed by atoms with E-state index in [0.717, 1.165) is 6.42 Å². The molecule has 0 aliphatic carbocycles. The lowest BCUT2D eigenvalue weighted by Gasteiger charge is -1.83. The smallest absolute Gasteiger partial charge is 0.0270 e. The van der Waals surface area contributed by atoms with E-state index in [1.807, 2.05) is 0 Å². The minimum absolute atomic E-state index is 1.02. The minimum atomic E-state index is 1.02. The van der Waals surface area contributed by atoms with E-state index in [2.05, 4.69) is 23.8 Å². The van der Waals surface area contributed by atoms with E-state index in [4.69, 9.17) is 0 Å². The molecule has 0 aromatic carbocycles. The van der Waals surface area contributed by atoms with E-state index >= 15 is 0 Å². The predicted octanol–water partition coefficient (Wildman–Crippen LogP) is 1.86. The standard InChI is InChI=1S/C6H12N2/c1-3-4-5-6-8-7-2/h6H,2-5H2,1H3/b8-6-. The van der Waals surface area contributed by atoms with Crippen LogP contribution in [0.25, 0.3) is 0 Å². The van der Waals surface area contributed by atoms with Gasteiger partial charge in [-0.1, -0.05) is 13.3 Å². The van der Waals surface area contributed by atoms with Gasteiger partial charge in [-0.15, -0.1) is 0 Å². The Morgan fingerprint density at radius 3 is 2.88 bits per heavy atom. The summed E-state index contributed by atoms with van der Waals surface area (Å²) in [5, 5.41) is 6.93. The lowest BCUT2D eigenvalue weighted by Crippen LogP contribution is -1.72. The summed E-state index contributed by atoms with van der Waals surface area (Å²) in [5.41, 5.74) is 0. The highest BCUT2D eigenvalue weighted by molar-refractivity contribution is 5.57. The molecule has 0 aromatic rings. The molecule has 0 saturated heterocycles. The van der Waals surface area contributed by atoms with E-state index in [-0.39, 0.29) is 0 Å². The van der Waals surface area contributed by atoms with Crippen molar-refractivity contribution in [2.24, 2.45) is 10.2 Å². The lowest BCUT2D eigenvalue weighted by atomic mass is 10.3. The predicted molar refractivity (Wildman–Crippen MR) is 37.6 cm³/mol. The van der Waals surface area contributed by atoms with Crippen LogP contribution in [0.15, 0.2) is 10.2 Å². The third-order valence-corrected chi connectivity index (χ3v) is 0.850. The summed E-state index contributed by atoms with van der Waals surface area (Å²) in [5.74, 6) is 0. The van der Waals surface area contributed by atoms with Gasteiger partial charge in [-0.05, 0) is 12.8 Å². The van der Waals surface area contributed by atoms with E-state index in [0.29, 0.717) is 0 Å². The number of hydrogen-bond donors (Lipinski definition) is 0. The van der Waals surface area contributed by atoms with Gasteiger partial charge >= 0.3 is 0 Å². The largest absolute Gasteiger partial charge is 0.167 e. The van der Waals surface area contributed by atoms with Crippen LogP contribution in [0, 0.1) is 0 Å². The Morgan fingerprint density at radius 2 is 2.38 bits per heavy atom. The van der Waals surface area contributed by atoms with Gasteiger partial charge in [-0.2, -0.15) is 10.2 Å². The summed E-state index contributed by atoms with van der Waals surface area (Å²) in [6.07, 6.45) is 5.22. The molecule has 0 heterocycles. The summed E-state index contributed by atoms with van der Waals surface area (Å²) in [6.45, 7) is 5.36. The number of unbranched alkanes of at least 4 members (excludes halogenated alkanes) is 2. The van der Waals surface area contributed by atoms with Gasteiger partial charge in [0, 0.05) is 12.9 Å². The minimum Gasteiger partial charge on any atom is -0.167 e. The lowest BCUT2D eigenvalue weighted by molar-refractivity contribution is 0.841. The first-order valence-corrected chi connectivity index (χ1v) is 2.89. The van der Waals surface area contributed by atoms with E-state index in [1.54, 1.807) is 6.21 Å². The topological polar surface area (TPSA) is 24.7 Å². The Bertz CT molecular complexity index is 76.6. The first-order valence-electron chi connectivity index (χ1n) is 2.89. The second kappa shape index (κ2) is 6.34. The summed E-state index contributed by atoms with van der Waals surface area (Å²) < 4.78 is 0. The molecule has 0 aliphatic heterocycles. The van der Waals surface area contributed by atoms with Crippen LogP contribution in [0.2, 0.25) is 0 Å². The van der Waals surface area contributed by atoms with Crippen LogP contribution >= 0.6 is 0 Å². The van der Waals surface area contributed by atoms with Crippen molar-refractivity contribution in [1.82, 2.24) is 0 Å². The molecule has 0 amide bonds. The molecular weight excluding hydrogens is 100 g/mol. The third kappa shape index (κ3) is 5.34. The highest BCUT2D eigenvalue weighted by atomic mass is 15.2. The average Bonchev–Trinajstić information content (AvgIpc) is 1.81. The summed E-state index contributed by atoms with van der Waals surface area (Å²) in [4.78, 5) is 0. The van der Waals surface area contributed by atoms with Crippen molar-refractivity contribution in [3.8, 4) is 0 Å². The van der Waals surface area contributed by atoms with Crippen molar-refractivity contribution in [2.75, 3.05) is 0 Å². The van der Waals surface area contributed by atoms with Crippen LogP contribution in [0.4, 0.5) is 0 Å². The van der Waals surface area contributed by atoms with Gasteiger partial charge in [0.05, 0.1) is 0 Å². The van der Waals surface area contributed by atoms with E-state index in [9.17, 15) is 0 Å². The highest BCUT2D eigenvalue weighted by Crippen LogP contribution is 1.89. The maximum atomic E-state index is 3.60. The molecule has 0 spiro atoms. The molecule has 0 aromatic heterocycles. The van der Waals surface area contributed by atoms with Gasteiger partial charge in [0.1, 0.15) is 0 Å². The fourth-order valence-corrected chi connectivity index (χ4v) is 0.411. The molecule has 0 aliphatic rings. The molecule has 0 fully saturated rings. The van der Waals surface area contributed by atoms with Crippen molar-refractivity contribution in [3.63, 3.8) is 0 Å². The molecular formula is C6H12N2. The zero-order valence-electron chi connectivity index (χ0n) is 5.30. The monoisotopic (exact) mass is 112 g/mol. The Kier molecular flexibility index (Phi) is 5.82. The van der Waals surface area contributed by atoms with Crippen molar-refractivity contribution < 1.29 is 0 Å². The number of rotatable bonds is 4. The molecule has 0 radical (unpaired) electrons. The molecule has 0 N–H and O–H groups in total. The second-order valence-electron chi connectivity index (χ2n) is 1.58. The zero-order chi connectivity index (χ0) is 6.24. The summed E-state index contributed by atoms with van der Waals surface area (Å²) in [6, 6.07) is 0. The maximum absolute atomic E-state index is 3.60. The molecule has 2 heteroatoms. The van der Waals surface area contributed by atoms with Gasteiger partial charge in [0.25, 0.3) is 0 Å². The van der Waals surface area contributed by atoms with Crippen molar-refractivity contribution in [1.29, 1.82) is 0 Å². The molecule has 0 bridgehead atoms. The van der Waals surface area contributed by atoms with Crippen LogP contribution in [0.5, 0.6) is 0 Å². The van der Waals surface area contributed by atoms with Crippen LogP contribution < -0.4 is 0 Å². The number of nitrogens with zero attached hydrogens (tertiary/aromatic N) is 2. The van der Waals surface area contributed by atoms with Gasteiger partial charge in [-0.25, -0.2) is 0 Å². The highest BCUT2D eigenvalue weighted by Gasteiger charge is 1.75. The van der Waals surface area contributed by atoms with Crippen molar-refractivity contribution in [2.45, 2.75) is 26.2 Å². The van der Waals surface area contributed by atoms with E-state index in [1.165, 1.54) is 12.8 Å². The molecule has 0 atom stereocenters. The average molecular weight is 112 g/mol. The molecule has 0 saturated carbocycles. The molecule has 2 nitrogen and oxygen atoms in total. The SMILES string of the molecule is C=N/N=C\CCCC. The molecule has 0 unspecified atom stereocenters. The van der Waals surface area contributed by atoms with Crippen LogP contribution in [0.3, 0.4) is 0 Å². The van der Waals surface area contributed by atoms with Gasteiger partial charge in [0.2, 0.25) is 0 Å². The molecule has 8 heavy (non-hydrogen) atoms. The molecule has 46 valence electrons. The first-order chi connectivity index (χ1) is 3.91. The van der Waals surface area contributed by atoms with Crippen molar-refractivity contribution in [3.05, 3.63) is 0 Å². The fraction of sp³-hybridized carbons (Fsp3) is 0.667. The van der Waals surface area contributed by atoms with Crippen molar-refractivity contribution >= 4 is 12.9 Å². The Hall–Kier alpha value is -0.660. The summed E-state index contributed by atoms with van der Waals surface area (Å²) in [7, 11) is 0. The van der Waals surface area contributed by atoms with E-state index < -0.39 is 0 Å². The molecule has 0 rings (SSSR count). The van der Waals surface area contributed by atoms with Gasteiger partial charge in [0.15, 0.2) is 0 Å². The second-order valence-corrected chi connectivity index (χ2v) is 1.58. The Labute approximate surface area is 50.3 Å². The van der Waals surface area contributed by atoms with Crippen LogP contribution in [-0.2, 0) is 0 Å². The van der Waals surface area contributed by atoms with Crippen LogP contribution in [-0.4, -0.2) is 12.9 Å². The number of hydrogen-bond acceptors (Lipinski definition) is 2. The quantitative estimate of drug-likeness (QED) is 0.301. The maximum Gasteiger partial charge on any atom is 0.0270 e. The summed E-state index contributed by atoms with van der Waals surface area (Å²) >= 11 is 0. The Balaban J connectivity index is 2.91. The van der Waals surface area contributed by atoms with Crippen LogP contribution in [0.1, 0.15) is 26.2 Å². The fourth-order valence-electron chi connectivity index (χ4n) is 0.411. The zero-order valence-corrected chi connectivity index (χ0v) is 5.30. The first kappa shape index (κ1) is 7.34. The van der Waals surface area contributed by atoms with Gasteiger partial charge < -0.3 is 0 Å². The van der Waals surface area contributed by atoms with Gasteiger partial charge in [-0.3, -0.25) is 0 Å². The normalized spacial score (nSPS) is 10.1.